The first-order valence-corrected chi connectivity index (χ1v) is 16.2. The summed E-state index contributed by atoms with van der Waals surface area (Å²) in [6.07, 6.45) is 21.0. The highest BCUT2D eigenvalue weighted by molar-refractivity contribution is 5.64. The fourth-order valence-electron chi connectivity index (χ4n) is 9.40. The molecule has 222 valence electrons. The molecule has 0 amide bonds. The average Bonchev–Trinajstić information content (AvgIpc) is 3.27. The summed E-state index contributed by atoms with van der Waals surface area (Å²) >= 11 is 0. The summed E-state index contributed by atoms with van der Waals surface area (Å²) in [7, 11) is 0. The van der Waals surface area contributed by atoms with Crippen LogP contribution in [0.2, 0.25) is 0 Å². The van der Waals surface area contributed by atoms with Crippen molar-refractivity contribution in [3.63, 3.8) is 0 Å². The highest BCUT2D eigenvalue weighted by atomic mass is 16.8. The van der Waals surface area contributed by atoms with E-state index in [1.807, 2.05) is 0 Å². The van der Waals surface area contributed by atoms with Crippen molar-refractivity contribution in [2.24, 2.45) is 34.5 Å². The predicted octanol–water partition coefficient (Wildman–Crippen LogP) is 8.30. The molecule has 1 aromatic carbocycles. The Morgan fingerprint density at radius 1 is 1.00 bits per heavy atom. The van der Waals surface area contributed by atoms with Crippen LogP contribution in [0.25, 0.3) is 0 Å². The van der Waals surface area contributed by atoms with Gasteiger partial charge in [0.1, 0.15) is 11.9 Å². The van der Waals surface area contributed by atoms with Crippen LogP contribution in [0.5, 0.6) is 5.75 Å². The van der Waals surface area contributed by atoms with Crippen molar-refractivity contribution in [1.82, 2.24) is 0 Å². The van der Waals surface area contributed by atoms with Gasteiger partial charge in [0.15, 0.2) is 5.69 Å². The first-order chi connectivity index (χ1) is 19.2. The summed E-state index contributed by atoms with van der Waals surface area (Å²) in [6, 6.07) is 5.84. The lowest BCUT2D eigenvalue weighted by atomic mass is 9.47. The highest BCUT2D eigenvalue weighted by Gasteiger charge is 2.58. The molecule has 0 heterocycles. The van der Waals surface area contributed by atoms with Crippen molar-refractivity contribution < 1.29 is 24.7 Å². The van der Waals surface area contributed by atoms with Gasteiger partial charge in [0.05, 0.1) is 0 Å². The van der Waals surface area contributed by atoms with Crippen LogP contribution < -0.4 is 9.96 Å². The average molecular weight is 554 g/mol. The topological polar surface area (TPSA) is 83.3 Å². The zero-order chi connectivity index (χ0) is 28.3. The first kappa shape index (κ1) is 29.6. The maximum absolute atomic E-state index is 12.5. The molecule has 5 rings (SSSR count). The Labute approximate surface area is 241 Å². The number of carbonyl (C=O) groups excluding carboxylic acids is 1. The van der Waals surface area contributed by atoms with E-state index in [1.165, 1.54) is 107 Å². The third-order valence-corrected chi connectivity index (χ3v) is 11.7. The standard InChI is InChI=1S/C34H51NO5/c1-4-5-6-7-8-9-10-24-12-18-30-29-17-11-25-23-28(19-21-34(25,3)31(29)20-22-33(24,30)2)40-32(36)39-27-15-13-26(14-16-27)35(37)38/h11,13-16,24,28-31,35,37H,4-10,12,17-23H2,1-3H3/t24-,28+,29+,30-,31-,33-,34+/m1/s1. The molecule has 4 aliphatic rings. The lowest BCUT2D eigenvalue weighted by Crippen LogP contribution is -2.99. The molecule has 8 atom stereocenters. The molecule has 3 saturated carbocycles. The number of nitrogens with one attached hydrogen (secondary N) is 1. The number of ether oxygens (including phenoxy) is 2. The number of carbonyl (C=O) groups is 1. The van der Waals surface area contributed by atoms with Crippen LogP contribution in [0, 0.1) is 39.7 Å². The summed E-state index contributed by atoms with van der Waals surface area (Å²) < 4.78 is 11.1. The van der Waals surface area contributed by atoms with E-state index in [0.717, 1.165) is 42.9 Å². The molecule has 3 fully saturated rings. The number of hydrogen-bond donors (Lipinski definition) is 2. The zero-order valence-electron chi connectivity index (χ0n) is 25.0. The summed E-state index contributed by atoms with van der Waals surface area (Å²) in [4.78, 5) is 12.5. The van der Waals surface area contributed by atoms with Crippen LogP contribution in [0.1, 0.15) is 117 Å². The second-order valence-corrected chi connectivity index (χ2v) is 13.8. The number of allylic oxidation sites excluding steroid dienone is 1. The number of hydrogen-bond acceptors (Lipinski definition) is 5. The second-order valence-electron chi connectivity index (χ2n) is 13.8. The van der Waals surface area contributed by atoms with Crippen molar-refractivity contribution in [3.8, 4) is 5.75 Å². The Kier molecular flexibility index (Phi) is 9.28. The lowest BCUT2D eigenvalue weighted by Gasteiger charge is -2.58. The molecule has 0 radical (unpaired) electrons. The fourth-order valence-corrected chi connectivity index (χ4v) is 9.40. The van der Waals surface area contributed by atoms with E-state index in [2.05, 4.69) is 26.8 Å². The molecule has 1 aromatic rings. The molecule has 6 nitrogen and oxygen atoms in total. The van der Waals surface area contributed by atoms with Gasteiger partial charge < -0.3 is 14.7 Å². The normalized spacial score (nSPS) is 35.6. The van der Waals surface area contributed by atoms with E-state index in [4.69, 9.17) is 14.7 Å². The van der Waals surface area contributed by atoms with Crippen molar-refractivity contribution >= 4 is 11.8 Å². The van der Waals surface area contributed by atoms with Crippen LogP contribution in [0.4, 0.5) is 10.5 Å². The van der Waals surface area contributed by atoms with E-state index < -0.39 is 11.4 Å². The number of quaternary nitrogens is 1. The molecule has 0 saturated heterocycles. The minimum Gasteiger partial charge on any atom is -0.595 e. The van der Waals surface area contributed by atoms with Gasteiger partial charge in [0.2, 0.25) is 0 Å². The summed E-state index contributed by atoms with van der Waals surface area (Å²) in [5.74, 6) is 3.63. The Hall–Kier alpha value is -1.89. The van der Waals surface area contributed by atoms with Crippen molar-refractivity contribution in [3.05, 3.63) is 41.1 Å². The van der Waals surface area contributed by atoms with Gasteiger partial charge in [-0.1, -0.05) is 70.9 Å². The van der Waals surface area contributed by atoms with E-state index >= 15 is 0 Å². The second kappa shape index (κ2) is 12.5. The molecule has 2 N–H and O–H groups in total. The number of benzene rings is 1. The summed E-state index contributed by atoms with van der Waals surface area (Å²) in [6.45, 7) is 7.44. The van der Waals surface area contributed by atoms with Crippen molar-refractivity contribution in [1.29, 1.82) is 0 Å². The molecule has 6 heteroatoms. The highest BCUT2D eigenvalue weighted by Crippen LogP contribution is 2.66. The van der Waals surface area contributed by atoms with Crippen LogP contribution >= 0.6 is 0 Å². The van der Waals surface area contributed by atoms with E-state index in [0.29, 0.717) is 11.2 Å². The SMILES string of the molecule is CCCCCCCC[C@@H]1CC[C@@H]2[C@@H]3CC=C4C[C@@H](OC(=O)Oc5ccc([NH+]([O-])O)cc5)CC[C@]4(C)[C@@H]3CC[C@]12C. The van der Waals surface area contributed by atoms with Crippen LogP contribution in [0.15, 0.2) is 35.9 Å². The Bertz CT molecular complexity index is 1040. The molecule has 0 aliphatic heterocycles. The minimum absolute atomic E-state index is 0.156. The maximum atomic E-state index is 12.5. The molecule has 0 spiro atoms. The minimum atomic E-state index is -1.01. The van der Waals surface area contributed by atoms with E-state index in [1.54, 1.807) is 0 Å². The monoisotopic (exact) mass is 553 g/mol. The number of fused-ring (bicyclic) bond motifs is 5. The molecule has 0 aromatic heterocycles. The Morgan fingerprint density at radius 3 is 2.50 bits per heavy atom. The molecule has 1 unspecified atom stereocenters. The van der Waals surface area contributed by atoms with Crippen LogP contribution in [-0.4, -0.2) is 17.5 Å². The van der Waals surface area contributed by atoms with Gasteiger partial charge in [-0.2, -0.15) is 5.23 Å². The summed E-state index contributed by atoms with van der Waals surface area (Å²) in [5, 5.41) is 19.1. The third kappa shape index (κ3) is 6.00. The van der Waals surface area contributed by atoms with Gasteiger partial charge in [-0.3, -0.25) is 0 Å². The lowest BCUT2D eigenvalue weighted by molar-refractivity contribution is -0.991. The van der Waals surface area contributed by atoms with E-state index in [-0.39, 0.29) is 17.2 Å². The molecular formula is C34H51NO5. The molecule has 40 heavy (non-hydrogen) atoms. The van der Waals surface area contributed by atoms with Gasteiger partial charge >= 0.3 is 6.16 Å². The van der Waals surface area contributed by atoms with Crippen LogP contribution in [0.3, 0.4) is 0 Å². The van der Waals surface area contributed by atoms with Crippen LogP contribution in [-0.2, 0) is 4.74 Å². The molecule has 0 bridgehead atoms. The Balaban J connectivity index is 1.16. The first-order valence-electron chi connectivity index (χ1n) is 16.2. The largest absolute Gasteiger partial charge is 0.595 e. The maximum Gasteiger partial charge on any atom is 0.514 e. The van der Waals surface area contributed by atoms with Gasteiger partial charge in [0.25, 0.3) is 0 Å². The third-order valence-electron chi connectivity index (χ3n) is 11.7. The molecule has 4 aliphatic carbocycles. The van der Waals surface area contributed by atoms with Gasteiger partial charge in [-0.05, 0) is 98.0 Å². The Morgan fingerprint density at radius 2 is 1.75 bits per heavy atom. The van der Waals surface area contributed by atoms with Crippen molar-refractivity contribution in [2.75, 3.05) is 0 Å². The molecular weight excluding hydrogens is 502 g/mol. The van der Waals surface area contributed by atoms with Crippen molar-refractivity contribution in [2.45, 2.75) is 123 Å². The van der Waals surface area contributed by atoms with Gasteiger partial charge in [0, 0.05) is 18.6 Å². The van der Waals surface area contributed by atoms with E-state index in [9.17, 15) is 10.0 Å². The fraction of sp³-hybridized carbons (Fsp3) is 0.735. The quantitative estimate of drug-likeness (QED) is 0.100. The van der Waals surface area contributed by atoms with Gasteiger partial charge in [-0.15, -0.1) is 0 Å². The smallest absolute Gasteiger partial charge is 0.514 e. The zero-order valence-corrected chi connectivity index (χ0v) is 25.0. The van der Waals surface area contributed by atoms with Gasteiger partial charge in [-0.25, -0.2) is 10.0 Å². The summed E-state index contributed by atoms with van der Waals surface area (Å²) in [5.41, 5.74) is 2.40. The number of unbranched alkanes of at least 4 members (excludes halogenated alkanes) is 5. The predicted molar refractivity (Wildman–Crippen MR) is 156 cm³/mol. The number of rotatable bonds is 10.